The van der Waals surface area contributed by atoms with Crippen LogP contribution in [0, 0.1) is 11.8 Å². The van der Waals surface area contributed by atoms with E-state index in [1.165, 1.54) is 0 Å². The van der Waals surface area contributed by atoms with E-state index in [4.69, 9.17) is 0 Å². The molecular weight excluding hydrogens is 176 g/mol. The number of rotatable bonds is 6. The third kappa shape index (κ3) is 4.61. The summed E-state index contributed by atoms with van der Waals surface area (Å²) >= 11 is 0. The van der Waals surface area contributed by atoms with Gasteiger partial charge in [0.05, 0.1) is 0 Å². The van der Waals surface area contributed by atoms with Crippen molar-refractivity contribution in [2.45, 2.75) is 40.2 Å². The molecule has 14 heavy (non-hydrogen) atoms. The van der Waals surface area contributed by atoms with Crippen LogP contribution in [0.1, 0.15) is 34.1 Å². The minimum atomic E-state index is 0.0489. The lowest BCUT2D eigenvalue weighted by molar-refractivity contribution is -0.125. The number of hydrogen-bond donors (Lipinski definition) is 2. The first kappa shape index (κ1) is 13.4. The smallest absolute Gasteiger partial charge is 0.224 e. The molecule has 0 saturated heterocycles. The van der Waals surface area contributed by atoms with Crippen LogP contribution in [-0.2, 0) is 4.79 Å². The molecule has 2 N–H and O–H groups in total. The van der Waals surface area contributed by atoms with Gasteiger partial charge in [-0.05, 0) is 19.4 Å². The van der Waals surface area contributed by atoms with Gasteiger partial charge in [-0.2, -0.15) is 0 Å². The van der Waals surface area contributed by atoms with Gasteiger partial charge in [0.2, 0.25) is 5.91 Å². The Balaban J connectivity index is 4.01. The second-order valence-electron chi connectivity index (χ2n) is 4.23. The van der Waals surface area contributed by atoms with Gasteiger partial charge in [0, 0.05) is 18.5 Å². The molecule has 0 rings (SSSR count). The lowest BCUT2D eigenvalue weighted by Crippen LogP contribution is -2.42. The van der Waals surface area contributed by atoms with E-state index in [9.17, 15) is 4.79 Å². The maximum atomic E-state index is 11.7. The van der Waals surface area contributed by atoms with Gasteiger partial charge in [-0.25, -0.2) is 0 Å². The third-order valence-electron chi connectivity index (χ3n) is 2.53. The Kier molecular flexibility index (Phi) is 6.54. The number of carbonyl (C=O) groups excluding carboxylic acids is 1. The first-order valence-corrected chi connectivity index (χ1v) is 5.47. The summed E-state index contributed by atoms with van der Waals surface area (Å²) in [6, 6.07) is 0.307. The highest BCUT2D eigenvalue weighted by Crippen LogP contribution is 2.06. The van der Waals surface area contributed by atoms with Gasteiger partial charge in [-0.15, -0.1) is 0 Å². The molecular formula is C11H24N2O. The number of amides is 1. The molecule has 2 unspecified atom stereocenters. The molecule has 2 atom stereocenters. The molecule has 0 aromatic rings. The van der Waals surface area contributed by atoms with Crippen LogP contribution >= 0.6 is 0 Å². The molecule has 84 valence electrons. The quantitative estimate of drug-likeness (QED) is 0.680. The molecule has 0 aromatic heterocycles. The van der Waals surface area contributed by atoms with Crippen LogP contribution in [0.5, 0.6) is 0 Å². The zero-order valence-corrected chi connectivity index (χ0v) is 10.1. The number of hydrogen-bond acceptors (Lipinski definition) is 2. The van der Waals surface area contributed by atoms with Crippen molar-refractivity contribution in [1.29, 1.82) is 0 Å². The van der Waals surface area contributed by atoms with Gasteiger partial charge in [0.1, 0.15) is 0 Å². The van der Waals surface area contributed by atoms with Crippen LogP contribution in [0.4, 0.5) is 0 Å². The van der Waals surface area contributed by atoms with Gasteiger partial charge < -0.3 is 10.6 Å². The van der Waals surface area contributed by atoms with Crippen molar-refractivity contribution >= 4 is 5.91 Å². The Morgan fingerprint density at radius 1 is 1.29 bits per heavy atom. The molecule has 0 spiro atoms. The average molecular weight is 200 g/mol. The molecule has 0 aromatic carbocycles. The predicted octanol–water partition coefficient (Wildman–Crippen LogP) is 1.39. The highest BCUT2D eigenvalue weighted by molar-refractivity contribution is 5.78. The Morgan fingerprint density at radius 2 is 1.86 bits per heavy atom. The van der Waals surface area contributed by atoms with Crippen LogP contribution in [-0.4, -0.2) is 25.5 Å². The number of carbonyl (C=O) groups is 1. The van der Waals surface area contributed by atoms with E-state index in [1.54, 1.807) is 0 Å². The summed E-state index contributed by atoms with van der Waals surface area (Å²) in [6.07, 6.45) is 0.996. The molecule has 0 saturated carbocycles. The summed E-state index contributed by atoms with van der Waals surface area (Å²) in [5.41, 5.74) is 0. The SMILES string of the molecule is CCC(NC(=O)C(C)CNC)C(C)C. The monoisotopic (exact) mass is 200 g/mol. The summed E-state index contributed by atoms with van der Waals surface area (Å²) in [4.78, 5) is 11.7. The Bertz CT molecular complexity index is 169. The molecule has 0 bridgehead atoms. The molecule has 0 radical (unpaired) electrons. The van der Waals surface area contributed by atoms with Crippen LogP contribution in [0.15, 0.2) is 0 Å². The van der Waals surface area contributed by atoms with Crippen LogP contribution in [0.2, 0.25) is 0 Å². The molecule has 1 amide bonds. The molecule has 0 aliphatic rings. The lowest BCUT2D eigenvalue weighted by atomic mass is 10.0. The van der Waals surface area contributed by atoms with E-state index >= 15 is 0 Å². The topological polar surface area (TPSA) is 41.1 Å². The van der Waals surface area contributed by atoms with Crippen molar-refractivity contribution in [1.82, 2.24) is 10.6 Å². The van der Waals surface area contributed by atoms with Gasteiger partial charge in [0.25, 0.3) is 0 Å². The fourth-order valence-corrected chi connectivity index (χ4v) is 1.46. The summed E-state index contributed by atoms with van der Waals surface area (Å²) in [5, 5.41) is 6.08. The molecule has 0 aliphatic heterocycles. The fraction of sp³-hybridized carbons (Fsp3) is 0.909. The minimum Gasteiger partial charge on any atom is -0.353 e. The summed E-state index contributed by atoms with van der Waals surface area (Å²) < 4.78 is 0. The lowest BCUT2D eigenvalue weighted by Gasteiger charge is -2.22. The van der Waals surface area contributed by atoms with Crippen molar-refractivity contribution in [3.05, 3.63) is 0 Å². The first-order valence-electron chi connectivity index (χ1n) is 5.47. The van der Waals surface area contributed by atoms with E-state index in [1.807, 2.05) is 14.0 Å². The zero-order chi connectivity index (χ0) is 11.1. The average Bonchev–Trinajstić information content (AvgIpc) is 2.13. The zero-order valence-electron chi connectivity index (χ0n) is 10.1. The maximum Gasteiger partial charge on any atom is 0.224 e. The Labute approximate surface area is 87.6 Å². The van der Waals surface area contributed by atoms with Crippen molar-refractivity contribution in [2.24, 2.45) is 11.8 Å². The summed E-state index contributed by atoms with van der Waals surface area (Å²) in [7, 11) is 1.86. The molecule has 3 nitrogen and oxygen atoms in total. The van der Waals surface area contributed by atoms with Crippen LogP contribution < -0.4 is 10.6 Å². The Morgan fingerprint density at radius 3 is 2.21 bits per heavy atom. The van der Waals surface area contributed by atoms with Crippen molar-refractivity contribution < 1.29 is 4.79 Å². The second kappa shape index (κ2) is 6.82. The van der Waals surface area contributed by atoms with Crippen LogP contribution in [0.3, 0.4) is 0 Å². The van der Waals surface area contributed by atoms with E-state index in [2.05, 4.69) is 31.4 Å². The van der Waals surface area contributed by atoms with Crippen molar-refractivity contribution in [2.75, 3.05) is 13.6 Å². The molecule has 0 heterocycles. The van der Waals surface area contributed by atoms with Gasteiger partial charge >= 0.3 is 0 Å². The van der Waals surface area contributed by atoms with Crippen molar-refractivity contribution in [3.8, 4) is 0 Å². The summed E-state index contributed by atoms with van der Waals surface area (Å²) in [5.74, 6) is 0.707. The summed E-state index contributed by atoms with van der Waals surface area (Å²) in [6.45, 7) is 9.06. The van der Waals surface area contributed by atoms with E-state index < -0.39 is 0 Å². The van der Waals surface area contributed by atoms with Crippen molar-refractivity contribution in [3.63, 3.8) is 0 Å². The predicted molar refractivity (Wildman–Crippen MR) is 60.2 cm³/mol. The minimum absolute atomic E-state index is 0.0489. The molecule has 3 heteroatoms. The van der Waals surface area contributed by atoms with E-state index in [0.717, 1.165) is 13.0 Å². The standard InChI is InChI=1S/C11H24N2O/c1-6-10(8(2)3)13-11(14)9(4)7-12-5/h8-10,12H,6-7H2,1-5H3,(H,13,14). The van der Waals surface area contributed by atoms with Gasteiger partial charge in [-0.3, -0.25) is 4.79 Å². The third-order valence-corrected chi connectivity index (χ3v) is 2.53. The largest absolute Gasteiger partial charge is 0.353 e. The van der Waals surface area contributed by atoms with Gasteiger partial charge in [-0.1, -0.05) is 27.7 Å². The number of nitrogens with one attached hydrogen (secondary N) is 2. The highest BCUT2D eigenvalue weighted by Gasteiger charge is 2.17. The fourth-order valence-electron chi connectivity index (χ4n) is 1.46. The molecule has 0 fully saturated rings. The van der Waals surface area contributed by atoms with E-state index in [-0.39, 0.29) is 11.8 Å². The maximum absolute atomic E-state index is 11.7. The van der Waals surface area contributed by atoms with Gasteiger partial charge in [0.15, 0.2) is 0 Å². The first-order chi connectivity index (χ1) is 6.52. The van der Waals surface area contributed by atoms with E-state index in [0.29, 0.717) is 12.0 Å². The normalized spacial score (nSPS) is 15.3. The highest BCUT2D eigenvalue weighted by atomic mass is 16.1. The Hall–Kier alpha value is -0.570. The molecule has 0 aliphatic carbocycles. The van der Waals surface area contributed by atoms with Crippen LogP contribution in [0.25, 0.3) is 0 Å². The second-order valence-corrected chi connectivity index (χ2v) is 4.23.